The van der Waals surface area contributed by atoms with Crippen molar-refractivity contribution < 1.29 is 38.4 Å². The minimum absolute atomic E-state index is 0.0579. The number of hydrogen-bond donors (Lipinski definition) is 1. The number of esters is 1. The SMILES string of the molecule is C=C(COCCOCC)C(=O)O.C=CC(=O)OCCOCCOC. The van der Waals surface area contributed by atoms with Crippen LogP contribution in [-0.4, -0.2) is 77.0 Å². The van der Waals surface area contributed by atoms with Crippen LogP contribution >= 0.6 is 0 Å². The van der Waals surface area contributed by atoms with Crippen molar-refractivity contribution in [3.8, 4) is 0 Å². The molecule has 0 spiro atoms. The normalized spacial score (nSPS) is 9.58. The van der Waals surface area contributed by atoms with Crippen LogP contribution in [0.1, 0.15) is 6.92 Å². The van der Waals surface area contributed by atoms with Crippen LogP contribution in [0.3, 0.4) is 0 Å². The van der Waals surface area contributed by atoms with Gasteiger partial charge in [0.15, 0.2) is 0 Å². The maximum absolute atomic E-state index is 10.5. The molecule has 0 aliphatic rings. The Morgan fingerprint density at radius 1 is 1.00 bits per heavy atom. The quantitative estimate of drug-likeness (QED) is 0.282. The number of carboxylic acid groups (broad SMARTS) is 1. The summed E-state index contributed by atoms with van der Waals surface area (Å²) in [6.45, 7) is 11.8. The van der Waals surface area contributed by atoms with Crippen molar-refractivity contribution in [2.45, 2.75) is 6.92 Å². The van der Waals surface area contributed by atoms with E-state index in [1.54, 1.807) is 7.11 Å². The lowest BCUT2D eigenvalue weighted by Gasteiger charge is -2.03. The third kappa shape index (κ3) is 20.3. The lowest BCUT2D eigenvalue weighted by atomic mass is 10.3. The van der Waals surface area contributed by atoms with Crippen LogP contribution in [0, 0.1) is 0 Å². The molecule has 0 aromatic rings. The number of rotatable bonds is 14. The van der Waals surface area contributed by atoms with Crippen LogP contribution in [-0.2, 0) is 33.3 Å². The average molecular weight is 348 g/mol. The Morgan fingerprint density at radius 2 is 1.58 bits per heavy atom. The van der Waals surface area contributed by atoms with Gasteiger partial charge >= 0.3 is 11.9 Å². The summed E-state index contributed by atoms with van der Waals surface area (Å²) in [4.78, 5) is 20.7. The molecule has 0 atom stereocenters. The second-order valence-electron chi connectivity index (χ2n) is 4.14. The Kier molecular flexibility index (Phi) is 19.7. The summed E-state index contributed by atoms with van der Waals surface area (Å²) in [5.74, 6) is -1.45. The van der Waals surface area contributed by atoms with Gasteiger partial charge < -0.3 is 28.8 Å². The Morgan fingerprint density at radius 3 is 2.12 bits per heavy atom. The predicted octanol–water partition coefficient (Wildman–Crippen LogP) is 1.06. The van der Waals surface area contributed by atoms with Gasteiger partial charge in [-0.05, 0) is 6.92 Å². The molecule has 0 aromatic heterocycles. The zero-order valence-electron chi connectivity index (χ0n) is 14.5. The number of carbonyl (C=O) groups is 2. The fraction of sp³-hybridized carbons (Fsp3) is 0.625. The van der Waals surface area contributed by atoms with Crippen LogP contribution in [0.5, 0.6) is 0 Å². The van der Waals surface area contributed by atoms with E-state index in [0.29, 0.717) is 39.6 Å². The fourth-order valence-electron chi connectivity index (χ4n) is 1.02. The highest BCUT2D eigenvalue weighted by Crippen LogP contribution is 1.90. The highest BCUT2D eigenvalue weighted by atomic mass is 16.6. The molecule has 0 heterocycles. The van der Waals surface area contributed by atoms with E-state index in [1.165, 1.54) is 0 Å². The van der Waals surface area contributed by atoms with E-state index in [1.807, 2.05) is 6.92 Å². The molecule has 0 rings (SSSR count). The highest BCUT2D eigenvalue weighted by Gasteiger charge is 2.02. The summed E-state index contributed by atoms with van der Waals surface area (Å²) in [5, 5.41) is 8.37. The minimum atomic E-state index is -1.02. The van der Waals surface area contributed by atoms with Crippen LogP contribution in [0.25, 0.3) is 0 Å². The van der Waals surface area contributed by atoms with E-state index in [0.717, 1.165) is 6.08 Å². The molecule has 0 aromatic carbocycles. The van der Waals surface area contributed by atoms with Gasteiger partial charge in [-0.3, -0.25) is 0 Å². The molecule has 0 unspecified atom stereocenters. The summed E-state index contributed by atoms with van der Waals surface area (Å²) < 4.78 is 24.3. The van der Waals surface area contributed by atoms with Gasteiger partial charge in [0.05, 0.1) is 45.2 Å². The molecule has 8 heteroatoms. The van der Waals surface area contributed by atoms with E-state index in [-0.39, 0.29) is 18.8 Å². The van der Waals surface area contributed by atoms with Crippen LogP contribution in [0.15, 0.2) is 24.8 Å². The number of carboxylic acids is 1. The fourth-order valence-corrected chi connectivity index (χ4v) is 1.02. The first-order valence-electron chi connectivity index (χ1n) is 7.41. The molecular weight excluding hydrogens is 320 g/mol. The van der Waals surface area contributed by atoms with Crippen molar-refractivity contribution >= 4 is 11.9 Å². The van der Waals surface area contributed by atoms with Crippen molar-refractivity contribution in [3.05, 3.63) is 24.8 Å². The predicted molar refractivity (Wildman–Crippen MR) is 87.9 cm³/mol. The number of hydrogen-bond acceptors (Lipinski definition) is 7. The lowest BCUT2D eigenvalue weighted by molar-refractivity contribution is -0.139. The van der Waals surface area contributed by atoms with Gasteiger partial charge in [-0.25, -0.2) is 9.59 Å². The van der Waals surface area contributed by atoms with E-state index in [2.05, 4.69) is 17.9 Å². The molecule has 0 aliphatic heterocycles. The van der Waals surface area contributed by atoms with Gasteiger partial charge in [-0.2, -0.15) is 0 Å². The van der Waals surface area contributed by atoms with Gasteiger partial charge in [-0.15, -0.1) is 0 Å². The number of carbonyl (C=O) groups excluding carboxylic acids is 1. The topological polar surface area (TPSA) is 101 Å². The summed E-state index contributed by atoms with van der Waals surface area (Å²) in [7, 11) is 1.60. The van der Waals surface area contributed by atoms with Gasteiger partial charge in [-0.1, -0.05) is 13.2 Å². The molecule has 0 saturated heterocycles. The Balaban J connectivity index is 0. The Labute approximate surface area is 143 Å². The number of ether oxygens (including phenoxy) is 5. The number of methoxy groups -OCH3 is 1. The standard InChI is InChI=1S/2C8H14O4/c1-3-8(9)12-7-6-11-5-4-10-2;1-3-11-4-5-12-6-7(2)8(9)10/h3H,1,4-7H2,2H3;2-6H2,1H3,(H,9,10). The van der Waals surface area contributed by atoms with Crippen molar-refractivity contribution in [1.82, 2.24) is 0 Å². The van der Waals surface area contributed by atoms with Gasteiger partial charge in [0.1, 0.15) is 6.61 Å². The second-order valence-corrected chi connectivity index (χ2v) is 4.14. The average Bonchev–Trinajstić information content (AvgIpc) is 2.57. The van der Waals surface area contributed by atoms with Crippen LogP contribution < -0.4 is 0 Å². The molecule has 140 valence electrons. The maximum atomic E-state index is 10.5. The van der Waals surface area contributed by atoms with E-state index < -0.39 is 11.9 Å². The van der Waals surface area contributed by atoms with Crippen molar-refractivity contribution in [3.63, 3.8) is 0 Å². The summed E-state index contributed by atoms with van der Waals surface area (Å²) in [6, 6.07) is 0. The molecule has 0 aliphatic carbocycles. The summed E-state index contributed by atoms with van der Waals surface area (Å²) in [5.41, 5.74) is 0.0616. The van der Waals surface area contributed by atoms with E-state index in [9.17, 15) is 9.59 Å². The number of aliphatic carboxylic acids is 1. The van der Waals surface area contributed by atoms with Crippen molar-refractivity contribution in [2.24, 2.45) is 0 Å². The first kappa shape index (κ1) is 24.5. The van der Waals surface area contributed by atoms with Gasteiger partial charge in [0.25, 0.3) is 0 Å². The minimum Gasteiger partial charge on any atom is -0.478 e. The summed E-state index contributed by atoms with van der Waals surface area (Å²) in [6.07, 6.45) is 1.12. The lowest BCUT2D eigenvalue weighted by Crippen LogP contribution is -2.10. The molecule has 24 heavy (non-hydrogen) atoms. The van der Waals surface area contributed by atoms with E-state index >= 15 is 0 Å². The zero-order chi connectivity index (χ0) is 18.6. The Hall–Kier alpha value is -1.74. The van der Waals surface area contributed by atoms with Crippen LogP contribution in [0.4, 0.5) is 0 Å². The van der Waals surface area contributed by atoms with Gasteiger partial charge in [0, 0.05) is 19.8 Å². The largest absolute Gasteiger partial charge is 0.478 e. The second kappa shape index (κ2) is 19.3. The molecule has 0 saturated carbocycles. The molecule has 8 nitrogen and oxygen atoms in total. The smallest absolute Gasteiger partial charge is 0.333 e. The first-order valence-corrected chi connectivity index (χ1v) is 7.41. The monoisotopic (exact) mass is 348 g/mol. The van der Waals surface area contributed by atoms with Crippen LogP contribution in [0.2, 0.25) is 0 Å². The molecule has 1 N–H and O–H groups in total. The zero-order valence-corrected chi connectivity index (χ0v) is 14.5. The third-order valence-electron chi connectivity index (χ3n) is 2.23. The molecular formula is C16H28O8. The van der Waals surface area contributed by atoms with Gasteiger partial charge in [0.2, 0.25) is 0 Å². The first-order chi connectivity index (χ1) is 11.5. The molecule has 0 fully saturated rings. The van der Waals surface area contributed by atoms with E-state index in [4.69, 9.17) is 24.1 Å². The molecule has 0 bridgehead atoms. The summed E-state index contributed by atoms with van der Waals surface area (Å²) >= 11 is 0. The molecule has 0 radical (unpaired) electrons. The van der Waals surface area contributed by atoms with Crippen molar-refractivity contribution in [2.75, 3.05) is 60.0 Å². The maximum Gasteiger partial charge on any atom is 0.333 e. The highest BCUT2D eigenvalue weighted by molar-refractivity contribution is 5.85. The third-order valence-corrected chi connectivity index (χ3v) is 2.23. The molecule has 0 amide bonds. The Bertz CT molecular complexity index is 352. The van der Waals surface area contributed by atoms with Crippen molar-refractivity contribution in [1.29, 1.82) is 0 Å².